The summed E-state index contributed by atoms with van der Waals surface area (Å²) in [5, 5.41) is 3.08. The number of amides is 1. The maximum Gasteiger partial charge on any atom is 0.228 e. The molecule has 1 aliphatic rings. The van der Waals surface area contributed by atoms with Gasteiger partial charge < -0.3 is 5.32 Å². The molecule has 2 aromatic carbocycles. The van der Waals surface area contributed by atoms with Gasteiger partial charge in [-0.1, -0.05) is 39.7 Å². The minimum absolute atomic E-state index is 0.0370. The van der Waals surface area contributed by atoms with Crippen LogP contribution in [0.5, 0.6) is 0 Å². The molecular weight excluding hydrogens is 326 g/mol. The molecule has 0 saturated carbocycles. The lowest BCUT2D eigenvalue weighted by Crippen LogP contribution is -2.23. The maximum atomic E-state index is 12.5. The third-order valence-electron chi connectivity index (χ3n) is 4.11. The number of hydrogen-bond acceptors (Lipinski definition) is 1. The summed E-state index contributed by atoms with van der Waals surface area (Å²) < 4.78 is 1.08. The minimum atomic E-state index is 0.0370. The van der Waals surface area contributed by atoms with E-state index in [0.717, 1.165) is 28.6 Å². The van der Waals surface area contributed by atoms with E-state index in [2.05, 4.69) is 46.4 Å². The number of halogens is 1. The molecule has 2 nitrogen and oxygen atoms in total. The standard InChI is InChI=1S/C18H18BrNO/c1-11-3-6-17(12(2)7-11)20-18(21)15-8-13-4-5-16(19)10-14(13)9-15/h3-7,10,15H,8-9H2,1-2H3,(H,20,21). The molecule has 3 rings (SSSR count). The van der Waals surface area contributed by atoms with Crippen LogP contribution in [-0.4, -0.2) is 5.91 Å². The molecule has 1 amide bonds. The van der Waals surface area contributed by atoms with Crippen LogP contribution in [0.1, 0.15) is 22.3 Å². The van der Waals surface area contributed by atoms with Gasteiger partial charge in [0.1, 0.15) is 0 Å². The third kappa shape index (κ3) is 3.03. The van der Waals surface area contributed by atoms with Crippen LogP contribution in [0.25, 0.3) is 0 Å². The Balaban J connectivity index is 1.73. The van der Waals surface area contributed by atoms with E-state index >= 15 is 0 Å². The molecule has 21 heavy (non-hydrogen) atoms. The van der Waals surface area contributed by atoms with E-state index in [4.69, 9.17) is 0 Å². The van der Waals surface area contributed by atoms with E-state index in [1.165, 1.54) is 16.7 Å². The zero-order chi connectivity index (χ0) is 15.0. The average Bonchev–Trinajstić information content (AvgIpc) is 2.85. The lowest BCUT2D eigenvalue weighted by molar-refractivity contribution is -0.119. The molecule has 1 atom stereocenters. The first kappa shape index (κ1) is 14.3. The first-order valence-corrected chi connectivity index (χ1v) is 7.97. The highest BCUT2D eigenvalue weighted by molar-refractivity contribution is 9.10. The fourth-order valence-electron chi connectivity index (χ4n) is 2.96. The first-order valence-electron chi connectivity index (χ1n) is 7.18. The van der Waals surface area contributed by atoms with Crippen molar-refractivity contribution in [1.82, 2.24) is 0 Å². The molecule has 0 radical (unpaired) electrons. The van der Waals surface area contributed by atoms with Gasteiger partial charge in [0.25, 0.3) is 0 Å². The van der Waals surface area contributed by atoms with Gasteiger partial charge in [-0.15, -0.1) is 0 Å². The van der Waals surface area contributed by atoms with E-state index in [-0.39, 0.29) is 11.8 Å². The van der Waals surface area contributed by atoms with Crippen LogP contribution in [0, 0.1) is 19.8 Å². The molecule has 0 aliphatic heterocycles. The normalized spacial score (nSPS) is 16.6. The van der Waals surface area contributed by atoms with Gasteiger partial charge in [-0.25, -0.2) is 0 Å². The van der Waals surface area contributed by atoms with Crippen molar-refractivity contribution in [2.24, 2.45) is 5.92 Å². The Hall–Kier alpha value is -1.61. The second-order valence-corrected chi connectivity index (χ2v) is 6.74. The molecule has 0 bridgehead atoms. The molecular formula is C18H18BrNO. The van der Waals surface area contributed by atoms with Gasteiger partial charge in [0.15, 0.2) is 0 Å². The van der Waals surface area contributed by atoms with Gasteiger partial charge in [-0.2, -0.15) is 0 Å². The fourth-order valence-corrected chi connectivity index (χ4v) is 3.37. The van der Waals surface area contributed by atoms with Gasteiger partial charge in [-0.3, -0.25) is 4.79 Å². The van der Waals surface area contributed by atoms with E-state index < -0.39 is 0 Å². The van der Waals surface area contributed by atoms with Crippen molar-refractivity contribution in [1.29, 1.82) is 0 Å². The summed E-state index contributed by atoms with van der Waals surface area (Å²) in [6.45, 7) is 4.09. The molecule has 0 saturated heterocycles. The Labute approximate surface area is 133 Å². The zero-order valence-corrected chi connectivity index (χ0v) is 13.8. The summed E-state index contributed by atoms with van der Waals surface area (Å²) in [7, 11) is 0. The van der Waals surface area contributed by atoms with Gasteiger partial charge in [0, 0.05) is 16.1 Å². The van der Waals surface area contributed by atoms with Crippen LogP contribution in [0.15, 0.2) is 40.9 Å². The van der Waals surface area contributed by atoms with Crippen LogP contribution >= 0.6 is 15.9 Å². The number of anilines is 1. The van der Waals surface area contributed by atoms with Gasteiger partial charge in [0.2, 0.25) is 5.91 Å². The molecule has 1 unspecified atom stereocenters. The summed E-state index contributed by atoms with van der Waals surface area (Å²) in [4.78, 5) is 12.5. The Morgan fingerprint density at radius 1 is 1.10 bits per heavy atom. The van der Waals surface area contributed by atoms with E-state index in [0.29, 0.717) is 0 Å². The van der Waals surface area contributed by atoms with Gasteiger partial charge in [0.05, 0.1) is 0 Å². The highest BCUT2D eigenvalue weighted by Crippen LogP contribution is 2.30. The largest absolute Gasteiger partial charge is 0.326 e. The topological polar surface area (TPSA) is 29.1 Å². The molecule has 0 fully saturated rings. The van der Waals surface area contributed by atoms with Crippen molar-refractivity contribution in [3.63, 3.8) is 0 Å². The monoisotopic (exact) mass is 343 g/mol. The van der Waals surface area contributed by atoms with Crippen LogP contribution < -0.4 is 5.32 Å². The molecule has 3 heteroatoms. The predicted molar refractivity (Wildman–Crippen MR) is 89.6 cm³/mol. The fraction of sp³-hybridized carbons (Fsp3) is 0.278. The molecule has 108 valence electrons. The van der Waals surface area contributed by atoms with E-state index in [1.54, 1.807) is 0 Å². The van der Waals surface area contributed by atoms with Crippen molar-refractivity contribution in [2.45, 2.75) is 26.7 Å². The van der Waals surface area contributed by atoms with Crippen LogP contribution in [0.2, 0.25) is 0 Å². The Bertz CT molecular complexity index is 708. The Kier molecular flexibility index (Phi) is 3.85. The smallest absolute Gasteiger partial charge is 0.228 e. The summed E-state index contributed by atoms with van der Waals surface area (Å²) in [5.41, 5.74) is 5.82. The van der Waals surface area contributed by atoms with Gasteiger partial charge in [-0.05, 0) is 61.6 Å². The lowest BCUT2D eigenvalue weighted by atomic mass is 10.0. The lowest BCUT2D eigenvalue weighted by Gasteiger charge is -2.13. The molecule has 2 aromatic rings. The van der Waals surface area contributed by atoms with Crippen LogP contribution in [-0.2, 0) is 17.6 Å². The molecule has 0 spiro atoms. The number of benzene rings is 2. The summed E-state index contributed by atoms with van der Waals surface area (Å²) in [6.07, 6.45) is 1.66. The first-order chi connectivity index (χ1) is 10.0. The van der Waals surface area contributed by atoms with Crippen LogP contribution in [0.4, 0.5) is 5.69 Å². The second kappa shape index (κ2) is 5.64. The molecule has 0 aromatic heterocycles. The van der Waals surface area contributed by atoms with E-state index in [9.17, 15) is 4.79 Å². The summed E-state index contributed by atoms with van der Waals surface area (Å²) >= 11 is 3.49. The molecule has 0 heterocycles. The van der Waals surface area contributed by atoms with Crippen molar-refractivity contribution in [3.05, 3.63) is 63.1 Å². The Morgan fingerprint density at radius 2 is 1.86 bits per heavy atom. The third-order valence-corrected chi connectivity index (χ3v) is 4.60. The summed E-state index contributed by atoms with van der Waals surface area (Å²) in [5.74, 6) is 0.157. The quantitative estimate of drug-likeness (QED) is 0.859. The number of carbonyl (C=O) groups is 1. The van der Waals surface area contributed by atoms with Crippen molar-refractivity contribution >= 4 is 27.5 Å². The molecule has 1 N–H and O–H groups in total. The number of aryl methyl sites for hydroxylation is 2. The summed E-state index contributed by atoms with van der Waals surface area (Å²) in [6, 6.07) is 12.4. The Morgan fingerprint density at radius 3 is 2.62 bits per heavy atom. The average molecular weight is 344 g/mol. The number of nitrogens with one attached hydrogen (secondary N) is 1. The number of hydrogen-bond donors (Lipinski definition) is 1. The van der Waals surface area contributed by atoms with E-state index in [1.807, 2.05) is 25.1 Å². The SMILES string of the molecule is Cc1ccc(NC(=O)C2Cc3ccc(Br)cc3C2)c(C)c1. The molecule has 1 aliphatic carbocycles. The highest BCUT2D eigenvalue weighted by atomic mass is 79.9. The number of fused-ring (bicyclic) bond motifs is 1. The highest BCUT2D eigenvalue weighted by Gasteiger charge is 2.27. The van der Waals surface area contributed by atoms with Crippen molar-refractivity contribution < 1.29 is 4.79 Å². The zero-order valence-electron chi connectivity index (χ0n) is 12.2. The van der Waals surface area contributed by atoms with Crippen molar-refractivity contribution in [2.75, 3.05) is 5.32 Å². The minimum Gasteiger partial charge on any atom is -0.326 e. The second-order valence-electron chi connectivity index (χ2n) is 5.83. The van der Waals surface area contributed by atoms with Crippen LogP contribution in [0.3, 0.4) is 0 Å². The van der Waals surface area contributed by atoms with Gasteiger partial charge >= 0.3 is 0 Å². The van der Waals surface area contributed by atoms with Crippen molar-refractivity contribution in [3.8, 4) is 0 Å². The number of rotatable bonds is 2. The maximum absolute atomic E-state index is 12.5. The predicted octanol–water partition coefficient (Wildman–Crippen LogP) is 4.42. The number of carbonyl (C=O) groups excluding carboxylic acids is 1.